The van der Waals surface area contributed by atoms with E-state index in [1.54, 1.807) is 11.8 Å². The molecule has 0 bridgehead atoms. The second-order valence-corrected chi connectivity index (χ2v) is 5.19. The predicted octanol–water partition coefficient (Wildman–Crippen LogP) is 2.25. The van der Waals surface area contributed by atoms with Crippen LogP contribution in [0.25, 0.3) is 0 Å². The van der Waals surface area contributed by atoms with Crippen molar-refractivity contribution < 1.29 is 19.1 Å². The normalized spacial score (nSPS) is 16.5. The predicted molar refractivity (Wildman–Crippen MR) is 83.3 cm³/mol. The molecule has 1 N–H and O–H groups in total. The highest BCUT2D eigenvalue weighted by molar-refractivity contribution is 5.95. The van der Waals surface area contributed by atoms with Crippen molar-refractivity contribution >= 4 is 17.7 Å². The van der Waals surface area contributed by atoms with Gasteiger partial charge in [-0.1, -0.05) is 13.0 Å². The number of hydrogen-bond acceptors (Lipinski definition) is 4. The summed E-state index contributed by atoms with van der Waals surface area (Å²) in [6.45, 7) is 6.32. The fourth-order valence-electron chi connectivity index (χ4n) is 2.32. The van der Waals surface area contributed by atoms with Crippen LogP contribution in [0.4, 0.5) is 10.5 Å². The lowest BCUT2D eigenvalue weighted by Gasteiger charge is -2.34. The lowest BCUT2D eigenvalue weighted by molar-refractivity contribution is -0.141. The van der Waals surface area contributed by atoms with Crippen molar-refractivity contribution in [2.75, 3.05) is 24.6 Å². The SMILES string of the molecule is CCOC(=O)CNC(=O)N1CC(CC)Oc2ccc(C)cc21. The maximum Gasteiger partial charge on any atom is 0.325 e. The van der Waals surface area contributed by atoms with Crippen LogP contribution in [0.15, 0.2) is 18.2 Å². The van der Waals surface area contributed by atoms with Crippen molar-refractivity contribution in [1.82, 2.24) is 5.32 Å². The summed E-state index contributed by atoms with van der Waals surface area (Å²) in [5.41, 5.74) is 1.77. The number of nitrogens with one attached hydrogen (secondary N) is 1. The number of ether oxygens (including phenoxy) is 2. The van der Waals surface area contributed by atoms with Gasteiger partial charge in [-0.05, 0) is 38.0 Å². The van der Waals surface area contributed by atoms with E-state index in [2.05, 4.69) is 5.32 Å². The van der Waals surface area contributed by atoms with Crippen molar-refractivity contribution in [1.29, 1.82) is 0 Å². The Bertz CT molecular complexity index is 559. The fourth-order valence-corrected chi connectivity index (χ4v) is 2.32. The number of esters is 1. The number of benzene rings is 1. The monoisotopic (exact) mass is 306 g/mol. The van der Waals surface area contributed by atoms with E-state index in [4.69, 9.17) is 9.47 Å². The number of anilines is 1. The number of amides is 2. The number of urea groups is 1. The molecule has 1 aromatic rings. The Morgan fingerprint density at radius 2 is 2.18 bits per heavy atom. The highest BCUT2D eigenvalue weighted by atomic mass is 16.5. The van der Waals surface area contributed by atoms with Crippen molar-refractivity contribution in [3.05, 3.63) is 23.8 Å². The molecule has 0 aliphatic carbocycles. The van der Waals surface area contributed by atoms with Crippen LogP contribution in [-0.2, 0) is 9.53 Å². The van der Waals surface area contributed by atoms with E-state index in [-0.39, 0.29) is 18.7 Å². The molecule has 120 valence electrons. The Morgan fingerprint density at radius 3 is 2.86 bits per heavy atom. The summed E-state index contributed by atoms with van der Waals surface area (Å²) in [5, 5.41) is 2.60. The molecule has 0 aromatic heterocycles. The molecular weight excluding hydrogens is 284 g/mol. The Labute approximate surface area is 130 Å². The molecule has 2 amide bonds. The van der Waals surface area contributed by atoms with Gasteiger partial charge < -0.3 is 14.8 Å². The zero-order valence-corrected chi connectivity index (χ0v) is 13.2. The molecule has 1 atom stereocenters. The molecule has 0 radical (unpaired) electrons. The summed E-state index contributed by atoms with van der Waals surface area (Å²) in [5.74, 6) is 0.246. The van der Waals surface area contributed by atoms with Gasteiger partial charge in [0.05, 0.1) is 18.8 Å². The van der Waals surface area contributed by atoms with Gasteiger partial charge in [0, 0.05) is 0 Å². The van der Waals surface area contributed by atoms with Gasteiger partial charge in [0.15, 0.2) is 0 Å². The first kappa shape index (κ1) is 16.1. The molecule has 1 heterocycles. The number of nitrogens with zero attached hydrogens (tertiary/aromatic N) is 1. The molecule has 0 fully saturated rings. The molecule has 0 saturated carbocycles. The molecule has 0 saturated heterocycles. The molecule has 2 rings (SSSR count). The Morgan fingerprint density at radius 1 is 1.41 bits per heavy atom. The number of carbonyl (C=O) groups excluding carboxylic acids is 2. The number of carbonyl (C=O) groups is 2. The zero-order chi connectivity index (χ0) is 16.1. The fraction of sp³-hybridized carbons (Fsp3) is 0.500. The molecule has 1 unspecified atom stereocenters. The van der Waals surface area contributed by atoms with E-state index in [9.17, 15) is 9.59 Å². The maximum atomic E-state index is 12.4. The van der Waals surface area contributed by atoms with E-state index < -0.39 is 5.97 Å². The third-order valence-corrected chi connectivity index (χ3v) is 3.47. The number of aryl methyl sites for hydroxylation is 1. The third-order valence-electron chi connectivity index (χ3n) is 3.47. The van der Waals surface area contributed by atoms with Gasteiger partial charge in [-0.3, -0.25) is 9.69 Å². The smallest absolute Gasteiger partial charge is 0.325 e. The van der Waals surface area contributed by atoms with Crippen LogP contribution in [-0.4, -0.2) is 37.8 Å². The first-order valence-electron chi connectivity index (χ1n) is 7.53. The number of rotatable bonds is 4. The van der Waals surface area contributed by atoms with Crippen molar-refractivity contribution in [3.63, 3.8) is 0 Å². The molecule has 0 spiro atoms. The highest BCUT2D eigenvalue weighted by Gasteiger charge is 2.29. The van der Waals surface area contributed by atoms with Crippen LogP contribution in [0, 0.1) is 6.92 Å². The second-order valence-electron chi connectivity index (χ2n) is 5.19. The van der Waals surface area contributed by atoms with Crippen molar-refractivity contribution in [2.24, 2.45) is 0 Å². The van der Waals surface area contributed by atoms with Gasteiger partial charge in [-0.25, -0.2) is 4.79 Å². The summed E-state index contributed by atoms with van der Waals surface area (Å²) in [7, 11) is 0. The summed E-state index contributed by atoms with van der Waals surface area (Å²) in [6, 6.07) is 5.41. The molecular formula is C16H22N2O4. The van der Waals surface area contributed by atoms with Gasteiger partial charge in [0.2, 0.25) is 0 Å². The quantitative estimate of drug-likeness (QED) is 0.866. The standard InChI is InChI=1S/C16H22N2O4/c1-4-12-10-18(16(20)17-9-15(19)21-5-2)13-8-11(3)6-7-14(13)22-12/h6-8,12H,4-5,9-10H2,1-3H3,(H,17,20). The van der Waals surface area contributed by atoms with Crippen LogP contribution in [0.2, 0.25) is 0 Å². The van der Waals surface area contributed by atoms with E-state index >= 15 is 0 Å². The van der Waals surface area contributed by atoms with Crippen molar-refractivity contribution in [2.45, 2.75) is 33.3 Å². The Balaban J connectivity index is 2.13. The van der Waals surface area contributed by atoms with Crippen LogP contribution in [0.1, 0.15) is 25.8 Å². The molecule has 1 aliphatic heterocycles. The zero-order valence-electron chi connectivity index (χ0n) is 13.2. The van der Waals surface area contributed by atoms with Gasteiger partial charge in [-0.2, -0.15) is 0 Å². The lowest BCUT2D eigenvalue weighted by atomic mass is 10.1. The first-order valence-corrected chi connectivity index (χ1v) is 7.53. The Kier molecular flexibility index (Phi) is 5.25. The van der Waals surface area contributed by atoms with Gasteiger partial charge >= 0.3 is 12.0 Å². The third kappa shape index (κ3) is 3.69. The maximum absolute atomic E-state index is 12.4. The van der Waals surface area contributed by atoms with Gasteiger partial charge in [0.25, 0.3) is 0 Å². The molecule has 6 nitrogen and oxygen atoms in total. The average molecular weight is 306 g/mol. The summed E-state index contributed by atoms with van der Waals surface area (Å²) >= 11 is 0. The van der Waals surface area contributed by atoms with Crippen LogP contribution < -0.4 is 15.0 Å². The van der Waals surface area contributed by atoms with E-state index in [0.717, 1.165) is 17.7 Å². The van der Waals surface area contributed by atoms with Gasteiger partial charge in [0.1, 0.15) is 18.4 Å². The summed E-state index contributed by atoms with van der Waals surface area (Å²) < 4.78 is 10.7. The minimum atomic E-state index is -0.444. The Hall–Kier alpha value is -2.24. The average Bonchev–Trinajstić information content (AvgIpc) is 2.51. The second kappa shape index (κ2) is 7.15. The summed E-state index contributed by atoms with van der Waals surface area (Å²) in [6.07, 6.45) is 0.748. The minimum Gasteiger partial charge on any atom is -0.486 e. The lowest BCUT2D eigenvalue weighted by Crippen LogP contribution is -2.49. The van der Waals surface area contributed by atoms with Crippen molar-refractivity contribution in [3.8, 4) is 5.75 Å². The first-order chi connectivity index (χ1) is 10.5. The topological polar surface area (TPSA) is 67.9 Å². The molecule has 22 heavy (non-hydrogen) atoms. The highest BCUT2D eigenvalue weighted by Crippen LogP contribution is 2.34. The van der Waals surface area contributed by atoms with E-state index in [1.165, 1.54) is 0 Å². The number of hydrogen-bond donors (Lipinski definition) is 1. The van der Waals surface area contributed by atoms with E-state index in [0.29, 0.717) is 18.9 Å². The minimum absolute atomic E-state index is 0.0523. The molecule has 1 aliphatic rings. The van der Waals surface area contributed by atoms with Crippen LogP contribution in [0.3, 0.4) is 0 Å². The van der Waals surface area contributed by atoms with E-state index in [1.807, 2.05) is 32.0 Å². The van der Waals surface area contributed by atoms with Crippen LogP contribution >= 0.6 is 0 Å². The van der Waals surface area contributed by atoms with Crippen LogP contribution in [0.5, 0.6) is 5.75 Å². The van der Waals surface area contributed by atoms with Gasteiger partial charge in [-0.15, -0.1) is 0 Å². The number of fused-ring (bicyclic) bond motifs is 1. The molecule has 6 heteroatoms. The molecule has 1 aromatic carbocycles. The largest absolute Gasteiger partial charge is 0.486 e. The summed E-state index contributed by atoms with van der Waals surface area (Å²) in [4.78, 5) is 25.4.